The summed E-state index contributed by atoms with van der Waals surface area (Å²) in [5.41, 5.74) is 3.20. The number of carbonyl (C=O) groups is 2. The molecule has 1 fully saturated rings. The Balaban J connectivity index is 1.43. The Kier molecular flexibility index (Phi) is 6.05. The Labute approximate surface area is 155 Å². The van der Waals surface area contributed by atoms with E-state index in [0.29, 0.717) is 25.2 Å². The monoisotopic (exact) mass is 350 g/mol. The van der Waals surface area contributed by atoms with E-state index in [-0.39, 0.29) is 17.7 Å². The van der Waals surface area contributed by atoms with Crippen LogP contribution in [0.25, 0.3) is 0 Å². The highest BCUT2D eigenvalue weighted by molar-refractivity contribution is 5.94. The summed E-state index contributed by atoms with van der Waals surface area (Å²) >= 11 is 0. The Morgan fingerprint density at radius 3 is 2.46 bits per heavy atom. The summed E-state index contributed by atoms with van der Waals surface area (Å²) in [5, 5.41) is 3.05. The molecule has 26 heavy (non-hydrogen) atoms. The van der Waals surface area contributed by atoms with E-state index in [0.717, 1.165) is 19.3 Å². The van der Waals surface area contributed by atoms with Gasteiger partial charge in [-0.25, -0.2) is 0 Å². The molecule has 1 saturated heterocycles. The van der Waals surface area contributed by atoms with Gasteiger partial charge in [-0.1, -0.05) is 48.0 Å². The number of hydrogen-bond donors (Lipinski definition) is 1. The summed E-state index contributed by atoms with van der Waals surface area (Å²) in [4.78, 5) is 26.7. The maximum atomic E-state index is 12.5. The molecule has 1 N–H and O–H groups in total. The fourth-order valence-corrected chi connectivity index (χ4v) is 3.45. The lowest BCUT2D eigenvalue weighted by Gasteiger charge is -2.31. The third kappa shape index (κ3) is 4.72. The molecular weight excluding hydrogens is 324 g/mol. The average Bonchev–Trinajstić information content (AvgIpc) is 2.68. The summed E-state index contributed by atoms with van der Waals surface area (Å²) in [7, 11) is 0. The molecule has 0 radical (unpaired) electrons. The average molecular weight is 350 g/mol. The molecule has 0 spiro atoms. The summed E-state index contributed by atoms with van der Waals surface area (Å²) in [6, 6.07) is 17.7. The van der Waals surface area contributed by atoms with Crippen molar-refractivity contribution in [1.29, 1.82) is 0 Å². The van der Waals surface area contributed by atoms with E-state index in [9.17, 15) is 9.59 Å². The fourth-order valence-electron chi connectivity index (χ4n) is 3.45. The quantitative estimate of drug-likeness (QED) is 0.900. The first-order valence-corrected chi connectivity index (χ1v) is 9.31. The molecule has 1 heterocycles. The van der Waals surface area contributed by atoms with Crippen LogP contribution in [-0.2, 0) is 11.2 Å². The van der Waals surface area contributed by atoms with E-state index in [1.807, 2.05) is 41.3 Å². The molecule has 1 aliphatic heterocycles. The van der Waals surface area contributed by atoms with Crippen LogP contribution in [0, 0.1) is 12.8 Å². The van der Waals surface area contributed by atoms with Crippen LogP contribution < -0.4 is 5.32 Å². The van der Waals surface area contributed by atoms with E-state index < -0.39 is 0 Å². The van der Waals surface area contributed by atoms with Gasteiger partial charge >= 0.3 is 0 Å². The zero-order valence-corrected chi connectivity index (χ0v) is 15.3. The molecule has 0 aromatic heterocycles. The number of nitrogens with zero attached hydrogens (tertiary/aromatic N) is 1. The summed E-state index contributed by atoms with van der Waals surface area (Å²) in [6.07, 6.45) is 2.31. The number of benzene rings is 2. The Morgan fingerprint density at radius 1 is 1.04 bits per heavy atom. The molecule has 0 atom stereocenters. The normalized spacial score (nSPS) is 14.9. The number of nitrogens with one attached hydrogen (secondary N) is 1. The molecule has 2 aromatic carbocycles. The lowest BCUT2D eigenvalue weighted by Crippen LogP contribution is -2.43. The van der Waals surface area contributed by atoms with Crippen molar-refractivity contribution in [3.63, 3.8) is 0 Å². The topological polar surface area (TPSA) is 49.4 Å². The number of hydrogen-bond acceptors (Lipinski definition) is 2. The minimum atomic E-state index is 0.00679. The first-order chi connectivity index (χ1) is 12.6. The van der Waals surface area contributed by atoms with Crippen molar-refractivity contribution in [1.82, 2.24) is 10.2 Å². The lowest BCUT2D eigenvalue weighted by atomic mass is 9.95. The Bertz CT molecular complexity index is 750. The molecule has 2 amide bonds. The van der Waals surface area contributed by atoms with E-state index in [1.165, 1.54) is 11.1 Å². The van der Waals surface area contributed by atoms with Crippen LogP contribution in [0.1, 0.15) is 34.3 Å². The van der Waals surface area contributed by atoms with Crippen LogP contribution in [0.4, 0.5) is 0 Å². The first kappa shape index (κ1) is 18.2. The van der Waals surface area contributed by atoms with Crippen LogP contribution in [0.3, 0.4) is 0 Å². The molecule has 0 bridgehead atoms. The highest BCUT2D eigenvalue weighted by Gasteiger charge is 2.27. The first-order valence-electron chi connectivity index (χ1n) is 9.31. The van der Waals surface area contributed by atoms with Crippen molar-refractivity contribution in [3.8, 4) is 0 Å². The molecule has 4 heteroatoms. The standard InChI is InChI=1S/C22H26N2O2/c1-17-6-5-7-18(16-17)10-13-23-21(25)19-11-14-24(15-12-19)22(26)20-8-3-2-4-9-20/h2-9,16,19H,10-15H2,1H3,(H,23,25). The number of aryl methyl sites for hydroxylation is 1. The van der Waals surface area contributed by atoms with Gasteiger partial charge in [0.15, 0.2) is 0 Å². The van der Waals surface area contributed by atoms with Gasteiger partial charge in [-0.3, -0.25) is 9.59 Å². The number of piperidine rings is 1. The van der Waals surface area contributed by atoms with Gasteiger partial charge in [0.1, 0.15) is 0 Å². The highest BCUT2D eigenvalue weighted by atomic mass is 16.2. The second kappa shape index (κ2) is 8.65. The molecule has 0 aliphatic carbocycles. The predicted octanol–water partition coefficient (Wildman–Crippen LogP) is 3.21. The molecule has 2 aromatic rings. The SMILES string of the molecule is Cc1cccc(CCNC(=O)C2CCN(C(=O)c3ccccc3)CC2)c1. The summed E-state index contributed by atoms with van der Waals surface area (Å²) < 4.78 is 0. The van der Waals surface area contributed by atoms with E-state index in [4.69, 9.17) is 0 Å². The molecule has 0 unspecified atom stereocenters. The molecule has 0 saturated carbocycles. The van der Waals surface area contributed by atoms with E-state index >= 15 is 0 Å². The van der Waals surface area contributed by atoms with Gasteiger partial charge < -0.3 is 10.2 Å². The van der Waals surface area contributed by atoms with Gasteiger partial charge in [-0.05, 0) is 43.9 Å². The van der Waals surface area contributed by atoms with Crippen molar-refractivity contribution in [2.75, 3.05) is 19.6 Å². The van der Waals surface area contributed by atoms with Gasteiger partial charge in [0, 0.05) is 31.1 Å². The molecular formula is C22H26N2O2. The maximum absolute atomic E-state index is 12.5. The van der Waals surface area contributed by atoms with Crippen LogP contribution >= 0.6 is 0 Å². The highest BCUT2D eigenvalue weighted by Crippen LogP contribution is 2.19. The third-order valence-electron chi connectivity index (χ3n) is 4.97. The van der Waals surface area contributed by atoms with Gasteiger partial charge in [-0.15, -0.1) is 0 Å². The smallest absolute Gasteiger partial charge is 0.253 e. The van der Waals surface area contributed by atoms with Crippen molar-refractivity contribution in [3.05, 3.63) is 71.3 Å². The zero-order chi connectivity index (χ0) is 18.4. The van der Waals surface area contributed by atoms with E-state index in [2.05, 4.69) is 30.4 Å². The number of rotatable bonds is 5. The predicted molar refractivity (Wildman–Crippen MR) is 103 cm³/mol. The second-order valence-electron chi connectivity index (χ2n) is 6.96. The zero-order valence-electron chi connectivity index (χ0n) is 15.3. The van der Waals surface area contributed by atoms with Crippen molar-refractivity contribution >= 4 is 11.8 Å². The number of amides is 2. The van der Waals surface area contributed by atoms with Gasteiger partial charge in [-0.2, -0.15) is 0 Å². The van der Waals surface area contributed by atoms with Crippen LogP contribution in [0.2, 0.25) is 0 Å². The number of likely N-dealkylation sites (tertiary alicyclic amines) is 1. The minimum absolute atomic E-state index is 0.00679. The Hall–Kier alpha value is -2.62. The molecule has 3 rings (SSSR count). The van der Waals surface area contributed by atoms with Gasteiger partial charge in [0.05, 0.1) is 0 Å². The van der Waals surface area contributed by atoms with Gasteiger partial charge in [0.2, 0.25) is 5.91 Å². The third-order valence-corrected chi connectivity index (χ3v) is 4.97. The largest absolute Gasteiger partial charge is 0.356 e. The second-order valence-corrected chi connectivity index (χ2v) is 6.96. The van der Waals surface area contributed by atoms with Crippen LogP contribution in [0.5, 0.6) is 0 Å². The van der Waals surface area contributed by atoms with Crippen molar-refractivity contribution < 1.29 is 9.59 Å². The van der Waals surface area contributed by atoms with Gasteiger partial charge in [0.25, 0.3) is 5.91 Å². The summed E-state index contributed by atoms with van der Waals surface area (Å²) in [6.45, 7) is 4.02. The van der Waals surface area contributed by atoms with E-state index in [1.54, 1.807) is 0 Å². The Morgan fingerprint density at radius 2 is 1.77 bits per heavy atom. The molecule has 4 nitrogen and oxygen atoms in total. The van der Waals surface area contributed by atoms with Crippen LogP contribution in [0.15, 0.2) is 54.6 Å². The van der Waals surface area contributed by atoms with Crippen LogP contribution in [-0.4, -0.2) is 36.3 Å². The lowest BCUT2D eigenvalue weighted by molar-refractivity contribution is -0.126. The maximum Gasteiger partial charge on any atom is 0.253 e. The fraction of sp³-hybridized carbons (Fsp3) is 0.364. The van der Waals surface area contributed by atoms with Crippen molar-refractivity contribution in [2.24, 2.45) is 5.92 Å². The minimum Gasteiger partial charge on any atom is -0.356 e. The molecule has 1 aliphatic rings. The molecule has 136 valence electrons. The van der Waals surface area contributed by atoms with Crippen molar-refractivity contribution in [2.45, 2.75) is 26.2 Å². The summed E-state index contributed by atoms with van der Waals surface area (Å²) in [5.74, 6) is 0.181. The number of carbonyl (C=O) groups excluding carboxylic acids is 2.